The maximum atomic E-state index is 5.33. The number of hydrogen-bond donors (Lipinski definition) is 2. The van der Waals surface area contributed by atoms with Crippen molar-refractivity contribution in [2.24, 2.45) is 5.92 Å². The van der Waals surface area contributed by atoms with Gasteiger partial charge >= 0.3 is 0 Å². The SMILES string of the molecule is COc1ccc(CCNCC2CCNCC2)cc1OC. The number of nitrogens with one attached hydrogen (secondary N) is 2. The second-order valence-electron chi connectivity index (χ2n) is 5.34. The van der Waals surface area contributed by atoms with Crippen molar-refractivity contribution in [3.63, 3.8) is 0 Å². The number of benzene rings is 1. The van der Waals surface area contributed by atoms with E-state index in [2.05, 4.69) is 22.8 Å². The molecule has 0 bridgehead atoms. The van der Waals surface area contributed by atoms with Gasteiger partial charge in [0.1, 0.15) is 0 Å². The van der Waals surface area contributed by atoms with Gasteiger partial charge in [-0.25, -0.2) is 0 Å². The Labute approximate surface area is 121 Å². The van der Waals surface area contributed by atoms with Gasteiger partial charge in [-0.15, -0.1) is 0 Å². The zero-order chi connectivity index (χ0) is 14.2. The highest BCUT2D eigenvalue weighted by Gasteiger charge is 2.12. The van der Waals surface area contributed by atoms with Gasteiger partial charge in [0.15, 0.2) is 11.5 Å². The molecule has 2 N–H and O–H groups in total. The first kappa shape index (κ1) is 15.1. The summed E-state index contributed by atoms with van der Waals surface area (Å²) in [5.41, 5.74) is 1.28. The molecule has 112 valence electrons. The van der Waals surface area contributed by atoms with Crippen molar-refractivity contribution in [2.45, 2.75) is 19.3 Å². The van der Waals surface area contributed by atoms with Crippen LogP contribution in [-0.2, 0) is 6.42 Å². The number of methoxy groups -OCH3 is 2. The van der Waals surface area contributed by atoms with E-state index in [1.54, 1.807) is 14.2 Å². The van der Waals surface area contributed by atoms with Gasteiger partial charge in [0.05, 0.1) is 14.2 Å². The summed E-state index contributed by atoms with van der Waals surface area (Å²) in [7, 11) is 3.34. The monoisotopic (exact) mass is 278 g/mol. The molecule has 0 aromatic heterocycles. The van der Waals surface area contributed by atoms with E-state index in [0.29, 0.717) is 0 Å². The fourth-order valence-electron chi connectivity index (χ4n) is 2.66. The predicted molar refractivity (Wildman–Crippen MR) is 81.7 cm³/mol. The van der Waals surface area contributed by atoms with Crippen molar-refractivity contribution in [1.82, 2.24) is 10.6 Å². The summed E-state index contributed by atoms with van der Waals surface area (Å²) in [4.78, 5) is 0. The number of ether oxygens (including phenoxy) is 2. The van der Waals surface area contributed by atoms with Gasteiger partial charge in [0.2, 0.25) is 0 Å². The van der Waals surface area contributed by atoms with Crippen molar-refractivity contribution in [3.05, 3.63) is 23.8 Å². The minimum absolute atomic E-state index is 0.791. The summed E-state index contributed by atoms with van der Waals surface area (Å²) in [5, 5.41) is 6.97. The minimum atomic E-state index is 0.791. The van der Waals surface area contributed by atoms with E-state index in [0.717, 1.165) is 36.9 Å². The van der Waals surface area contributed by atoms with Crippen LogP contribution < -0.4 is 20.1 Å². The Morgan fingerprint density at radius 3 is 2.60 bits per heavy atom. The first-order valence-electron chi connectivity index (χ1n) is 7.46. The molecule has 0 radical (unpaired) electrons. The van der Waals surface area contributed by atoms with Gasteiger partial charge in [-0.3, -0.25) is 0 Å². The van der Waals surface area contributed by atoms with Gasteiger partial charge in [0, 0.05) is 0 Å². The summed E-state index contributed by atoms with van der Waals surface area (Å²) < 4.78 is 10.6. The lowest BCUT2D eigenvalue weighted by molar-refractivity contribution is 0.353. The van der Waals surface area contributed by atoms with Crippen molar-refractivity contribution in [1.29, 1.82) is 0 Å². The van der Waals surface area contributed by atoms with E-state index in [4.69, 9.17) is 9.47 Å². The van der Waals surface area contributed by atoms with Gasteiger partial charge in [-0.05, 0) is 69.1 Å². The molecule has 0 unspecified atom stereocenters. The fourth-order valence-corrected chi connectivity index (χ4v) is 2.66. The van der Waals surface area contributed by atoms with E-state index in [9.17, 15) is 0 Å². The molecule has 0 aliphatic carbocycles. The Morgan fingerprint density at radius 1 is 1.15 bits per heavy atom. The van der Waals surface area contributed by atoms with Gasteiger partial charge in [-0.2, -0.15) is 0 Å². The topological polar surface area (TPSA) is 42.5 Å². The molecule has 1 aromatic rings. The molecule has 20 heavy (non-hydrogen) atoms. The van der Waals surface area contributed by atoms with Crippen LogP contribution in [0.15, 0.2) is 18.2 Å². The van der Waals surface area contributed by atoms with E-state index < -0.39 is 0 Å². The molecule has 1 saturated heterocycles. The largest absolute Gasteiger partial charge is 0.493 e. The maximum Gasteiger partial charge on any atom is 0.160 e. The zero-order valence-electron chi connectivity index (χ0n) is 12.6. The van der Waals surface area contributed by atoms with Crippen LogP contribution in [-0.4, -0.2) is 40.4 Å². The number of hydrogen-bond acceptors (Lipinski definition) is 4. The third-order valence-electron chi connectivity index (χ3n) is 3.93. The predicted octanol–water partition coefficient (Wildman–Crippen LogP) is 1.84. The van der Waals surface area contributed by atoms with Crippen molar-refractivity contribution >= 4 is 0 Å². The molecule has 1 aliphatic heterocycles. The molecule has 0 saturated carbocycles. The highest BCUT2D eigenvalue weighted by Crippen LogP contribution is 2.27. The number of piperidine rings is 1. The van der Waals surface area contributed by atoms with E-state index in [1.807, 2.05) is 6.07 Å². The van der Waals surface area contributed by atoms with Gasteiger partial charge < -0.3 is 20.1 Å². The second kappa shape index (κ2) is 8.12. The van der Waals surface area contributed by atoms with Crippen molar-refractivity contribution in [2.75, 3.05) is 40.4 Å². The lowest BCUT2D eigenvalue weighted by Gasteiger charge is -2.22. The van der Waals surface area contributed by atoms with Gasteiger partial charge in [0.25, 0.3) is 0 Å². The van der Waals surface area contributed by atoms with Crippen LogP contribution in [0.2, 0.25) is 0 Å². The summed E-state index contributed by atoms with van der Waals surface area (Å²) in [6.45, 7) is 4.48. The molecule has 4 heteroatoms. The second-order valence-corrected chi connectivity index (χ2v) is 5.34. The molecule has 2 rings (SSSR count). The van der Waals surface area contributed by atoms with E-state index >= 15 is 0 Å². The highest BCUT2D eigenvalue weighted by molar-refractivity contribution is 5.42. The third-order valence-corrected chi connectivity index (χ3v) is 3.93. The summed E-state index contributed by atoms with van der Waals surface area (Å²) in [6.07, 6.45) is 3.61. The third kappa shape index (κ3) is 4.39. The molecule has 0 atom stereocenters. The molecule has 4 nitrogen and oxygen atoms in total. The quantitative estimate of drug-likeness (QED) is 0.747. The van der Waals surface area contributed by atoms with Crippen LogP contribution in [0.3, 0.4) is 0 Å². The molecular formula is C16H26N2O2. The van der Waals surface area contributed by atoms with Gasteiger partial charge in [-0.1, -0.05) is 6.07 Å². The number of rotatable bonds is 7. The molecule has 1 fully saturated rings. The fraction of sp³-hybridized carbons (Fsp3) is 0.625. The molecule has 0 amide bonds. The van der Waals surface area contributed by atoms with Crippen LogP contribution in [0.5, 0.6) is 11.5 Å². The Morgan fingerprint density at radius 2 is 1.90 bits per heavy atom. The van der Waals surface area contributed by atoms with Crippen molar-refractivity contribution < 1.29 is 9.47 Å². The van der Waals surface area contributed by atoms with Crippen LogP contribution >= 0.6 is 0 Å². The van der Waals surface area contributed by atoms with E-state index in [1.165, 1.54) is 31.5 Å². The lowest BCUT2D eigenvalue weighted by atomic mass is 9.98. The first-order chi connectivity index (χ1) is 9.83. The normalized spacial score (nSPS) is 16.1. The summed E-state index contributed by atoms with van der Waals surface area (Å²) in [6, 6.07) is 6.14. The molecule has 1 aromatic carbocycles. The molecule has 1 heterocycles. The zero-order valence-corrected chi connectivity index (χ0v) is 12.6. The Hall–Kier alpha value is -1.26. The Bertz CT molecular complexity index is 403. The summed E-state index contributed by atoms with van der Waals surface area (Å²) in [5.74, 6) is 2.43. The van der Waals surface area contributed by atoms with Crippen LogP contribution in [0.4, 0.5) is 0 Å². The highest BCUT2D eigenvalue weighted by atomic mass is 16.5. The molecule has 0 spiro atoms. The van der Waals surface area contributed by atoms with Crippen LogP contribution in [0.1, 0.15) is 18.4 Å². The summed E-state index contributed by atoms with van der Waals surface area (Å²) >= 11 is 0. The average Bonchev–Trinajstić information content (AvgIpc) is 2.52. The molecule has 1 aliphatic rings. The van der Waals surface area contributed by atoms with Crippen LogP contribution in [0, 0.1) is 5.92 Å². The average molecular weight is 278 g/mol. The molecular weight excluding hydrogens is 252 g/mol. The van der Waals surface area contributed by atoms with E-state index in [-0.39, 0.29) is 0 Å². The smallest absolute Gasteiger partial charge is 0.160 e. The lowest BCUT2D eigenvalue weighted by Crippen LogP contribution is -2.34. The Balaban J connectivity index is 1.73. The first-order valence-corrected chi connectivity index (χ1v) is 7.46. The minimum Gasteiger partial charge on any atom is -0.493 e. The van der Waals surface area contributed by atoms with Crippen molar-refractivity contribution in [3.8, 4) is 11.5 Å². The van der Waals surface area contributed by atoms with Crippen LogP contribution in [0.25, 0.3) is 0 Å². The standard InChI is InChI=1S/C16H26N2O2/c1-19-15-4-3-13(11-16(15)20-2)5-10-18-12-14-6-8-17-9-7-14/h3-4,11,14,17-18H,5-10,12H2,1-2H3. The Kier molecular flexibility index (Phi) is 6.15. The maximum absolute atomic E-state index is 5.33.